The van der Waals surface area contributed by atoms with E-state index >= 15 is 0 Å². The summed E-state index contributed by atoms with van der Waals surface area (Å²) in [4.78, 5) is 14.8. The Hall–Kier alpha value is -0.610. The highest BCUT2D eigenvalue weighted by molar-refractivity contribution is 5.66. The molecule has 4 nitrogen and oxygen atoms in total. The van der Waals surface area contributed by atoms with Crippen LogP contribution in [0.5, 0.6) is 0 Å². The van der Waals surface area contributed by atoms with Gasteiger partial charge in [0.25, 0.3) is 0 Å². The molecule has 0 aliphatic rings. The van der Waals surface area contributed by atoms with Crippen molar-refractivity contribution in [2.24, 2.45) is 5.90 Å². The zero-order chi connectivity index (χ0) is 24.0. The molecule has 0 radical (unpaired) electrons. The first-order valence-corrected chi connectivity index (χ1v) is 14.2. The van der Waals surface area contributed by atoms with Crippen LogP contribution in [0.15, 0.2) is 0 Å². The lowest BCUT2D eigenvalue weighted by Crippen LogP contribution is -2.00. The standard InChI is InChI=1S/C16H32O2.C12H27NO/c1-2-3-4-5-6-7-8-9-10-11-12-13-14-15-16(17)18;1-2-3-4-5-6-7-8-9-10-11-12-14-13/h2-15H2,1H3,(H,17,18);2-13H2,1H3. The highest BCUT2D eigenvalue weighted by Crippen LogP contribution is 2.13. The Morgan fingerprint density at radius 1 is 0.531 bits per heavy atom. The second-order valence-electron chi connectivity index (χ2n) is 9.44. The molecule has 0 saturated carbocycles. The molecule has 32 heavy (non-hydrogen) atoms. The average Bonchev–Trinajstić information content (AvgIpc) is 2.78. The fourth-order valence-corrected chi connectivity index (χ4v) is 3.97. The Morgan fingerprint density at radius 2 is 0.812 bits per heavy atom. The Bertz CT molecular complexity index is 325. The molecule has 0 spiro atoms. The molecular formula is C28H59NO3. The first kappa shape index (κ1) is 33.6. The van der Waals surface area contributed by atoms with Crippen LogP contribution in [0, 0.1) is 0 Å². The number of unbranched alkanes of at least 4 members (excludes halogenated alkanes) is 21. The number of carboxylic acids is 1. The van der Waals surface area contributed by atoms with E-state index < -0.39 is 5.97 Å². The number of nitrogens with two attached hydrogens (primary N) is 1. The lowest BCUT2D eigenvalue weighted by atomic mass is 10.0. The summed E-state index contributed by atoms with van der Waals surface area (Å²) in [5.41, 5.74) is 0. The van der Waals surface area contributed by atoms with Gasteiger partial charge >= 0.3 is 5.97 Å². The van der Waals surface area contributed by atoms with Gasteiger partial charge in [0.15, 0.2) is 0 Å². The minimum Gasteiger partial charge on any atom is -0.481 e. The van der Waals surface area contributed by atoms with E-state index in [1.54, 1.807) is 0 Å². The number of rotatable bonds is 25. The van der Waals surface area contributed by atoms with Crippen molar-refractivity contribution in [3.8, 4) is 0 Å². The summed E-state index contributed by atoms with van der Waals surface area (Å²) >= 11 is 0. The van der Waals surface area contributed by atoms with Crippen LogP contribution in [-0.4, -0.2) is 17.7 Å². The van der Waals surface area contributed by atoms with Crippen molar-refractivity contribution in [1.82, 2.24) is 0 Å². The smallest absolute Gasteiger partial charge is 0.303 e. The molecule has 0 aromatic heterocycles. The van der Waals surface area contributed by atoms with Crippen LogP contribution in [0.1, 0.15) is 168 Å². The van der Waals surface area contributed by atoms with Crippen molar-refractivity contribution >= 4 is 5.97 Å². The maximum atomic E-state index is 10.3. The zero-order valence-corrected chi connectivity index (χ0v) is 22.0. The lowest BCUT2D eigenvalue weighted by Gasteiger charge is -2.02. The van der Waals surface area contributed by atoms with E-state index in [1.807, 2.05) is 0 Å². The summed E-state index contributed by atoms with van der Waals surface area (Å²) in [6, 6.07) is 0. The van der Waals surface area contributed by atoms with Crippen molar-refractivity contribution in [1.29, 1.82) is 0 Å². The van der Waals surface area contributed by atoms with Gasteiger partial charge in [-0.2, -0.15) is 0 Å². The van der Waals surface area contributed by atoms with E-state index in [2.05, 4.69) is 18.7 Å². The van der Waals surface area contributed by atoms with Crippen LogP contribution in [0.4, 0.5) is 0 Å². The van der Waals surface area contributed by atoms with Crippen LogP contribution in [0.3, 0.4) is 0 Å². The Labute approximate surface area is 201 Å². The average molecular weight is 458 g/mol. The van der Waals surface area contributed by atoms with Gasteiger partial charge < -0.3 is 9.94 Å². The molecule has 3 N–H and O–H groups in total. The third kappa shape index (κ3) is 36.7. The number of carbonyl (C=O) groups is 1. The molecule has 4 heteroatoms. The number of aliphatic carboxylic acids is 1. The van der Waals surface area contributed by atoms with Gasteiger partial charge in [0.1, 0.15) is 0 Å². The molecule has 0 amide bonds. The van der Waals surface area contributed by atoms with E-state index in [0.29, 0.717) is 6.42 Å². The van der Waals surface area contributed by atoms with Crippen molar-refractivity contribution in [2.45, 2.75) is 168 Å². The fraction of sp³-hybridized carbons (Fsp3) is 0.964. The SMILES string of the molecule is CCCCCCCCCCCCCCCC(=O)O.CCCCCCCCCCCCON. The molecule has 0 aromatic rings. The quantitative estimate of drug-likeness (QED) is 0.106. The van der Waals surface area contributed by atoms with Crippen molar-refractivity contribution in [3.05, 3.63) is 0 Å². The second kappa shape index (κ2) is 32.6. The Kier molecular flexibility index (Phi) is 34.2. The zero-order valence-electron chi connectivity index (χ0n) is 22.0. The summed E-state index contributed by atoms with van der Waals surface area (Å²) in [6.07, 6.45) is 30.8. The summed E-state index contributed by atoms with van der Waals surface area (Å²) < 4.78 is 0. The monoisotopic (exact) mass is 457 g/mol. The van der Waals surface area contributed by atoms with Crippen molar-refractivity contribution < 1.29 is 14.7 Å². The minimum atomic E-state index is -0.655. The Morgan fingerprint density at radius 3 is 1.09 bits per heavy atom. The summed E-state index contributed by atoms with van der Waals surface area (Å²) in [6.45, 7) is 5.24. The molecule has 0 saturated heterocycles. The van der Waals surface area contributed by atoms with Crippen molar-refractivity contribution in [2.75, 3.05) is 6.61 Å². The molecule has 0 aromatic carbocycles. The first-order valence-electron chi connectivity index (χ1n) is 14.2. The molecule has 0 rings (SSSR count). The molecule has 0 aliphatic carbocycles. The van der Waals surface area contributed by atoms with E-state index in [1.165, 1.54) is 128 Å². The summed E-state index contributed by atoms with van der Waals surface area (Å²) in [7, 11) is 0. The van der Waals surface area contributed by atoms with Gasteiger partial charge in [-0.15, -0.1) is 0 Å². The lowest BCUT2D eigenvalue weighted by molar-refractivity contribution is -0.137. The van der Waals surface area contributed by atoms with Gasteiger partial charge in [-0.25, -0.2) is 5.90 Å². The topological polar surface area (TPSA) is 72.5 Å². The Balaban J connectivity index is 0. The predicted octanol–water partition coefficient (Wildman–Crippen LogP) is 9.35. The number of carboxylic acid groups (broad SMARTS) is 1. The third-order valence-electron chi connectivity index (χ3n) is 6.11. The van der Waals surface area contributed by atoms with Gasteiger partial charge in [0, 0.05) is 6.42 Å². The number of hydrogen-bond acceptors (Lipinski definition) is 3. The molecule has 0 heterocycles. The molecule has 0 aliphatic heterocycles. The van der Waals surface area contributed by atoms with Crippen LogP contribution < -0.4 is 5.90 Å². The fourth-order valence-electron chi connectivity index (χ4n) is 3.97. The highest BCUT2D eigenvalue weighted by atomic mass is 16.6. The second-order valence-corrected chi connectivity index (χ2v) is 9.44. The van der Waals surface area contributed by atoms with Crippen LogP contribution in [0.2, 0.25) is 0 Å². The van der Waals surface area contributed by atoms with Gasteiger partial charge in [0.05, 0.1) is 6.61 Å². The molecular weight excluding hydrogens is 398 g/mol. The van der Waals surface area contributed by atoms with E-state index in [-0.39, 0.29) is 0 Å². The molecule has 0 bridgehead atoms. The summed E-state index contributed by atoms with van der Waals surface area (Å²) in [5, 5.41) is 8.49. The normalized spacial score (nSPS) is 10.7. The first-order chi connectivity index (χ1) is 15.7. The summed E-state index contributed by atoms with van der Waals surface area (Å²) in [5.74, 6) is 4.28. The molecule has 0 fully saturated rings. The largest absolute Gasteiger partial charge is 0.481 e. The van der Waals surface area contributed by atoms with E-state index in [4.69, 9.17) is 11.0 Å². The number of hydrogen-bond donors (Lipinski definition) is 2. The van der Waals surface area contributed by atoms with Gasteiger partial charge in [-0.05, 0) is 12.8 Å². The van der Waals surface area contributed by atoms with Crippen LogP contribution in [-0.2, 0) is 9.63 Å². The molecule has 194 valence electrons. The minimum absolute atomic E-state index is 0.345. The molecule has 0 atom stereocenters. The predicted molar refractivity (Wildman–Crippen MR) is 140 cm³/mol. The maximum Gasteiger partial charge on any atom is 0.303 e. The highest BCUT2D eigenvalue weighted by Gasteiger charge is 1.97. The van der Waals surface area contributed by atoms with Crippen LogP contribution >= 0.6 is 0 Å². The molecule has 0 unspecified atom stereocenters. The maximum absolute atomic E-state index is 10.3. The van der Waals surface area contributed by atoms with Crippen LogP contribution in [0.25, 0.3) is 0 Å². The van der Waals surface area contributed by atoms with E-state index in [9.17, 15) is 4.79 Å². The van der Waals surface area contributed by atoms with Gasteiger partial charge in [-0.3, -0.25) is 4.79 Å². The van der Waals surface area contributed by atoms with E-state index in [0.717, 1.165) is 25.9 Å². The van der Waals surface area contributed by atoms with Gasteiger partial charge in [-0.1, -0.05) is 149 Å². The van der Waals surface area contributed by atoms with Gasteiger partial charge in [0.2, 0.25) is 0 Å². The third-order valence-corrected chi connectivity index (χ3v) is 6.11. The van der Waals surface area contributed by atoms with Crippen molar-refractivity contribution in [3.63, 3.8) is 0 Å².